The van der Waals surface area contributed by atoms with Gasteiger partial charge in [-0.2, -0.15) is 0 Å². The second kappa shape index (κ2) is 6.09. The molecule has 0 fully saturated rings. The average Bonchev–Trinajstić information content (AvgIpc) is 3.44. The summed E-state index contributed by atoms with van der Waals surface area (Å²) in [6, 6.07) is 10.9. The number of furan rings is 1. The van der Waals surface area contributed by atoms with Crippen LogP contribution in [-0.4, -0.2) is 29.4 Å². The number of fused-ring (bicyclic) bond motifs is 3. The van der Waals surface area contributed by atoms with Gasteiger partial charge in [0, 0.05) is 7.05 Å². The largest absolute Gasteiger partial charge is 0.459 e. The monoisotopic (exact) mass is 380 g/mol. The van der Waals surface area contributed by atoms with Crippen LogP contribution in [0.25, 0.3) is 28.3 Å². The first-order chi connectivity index (χ1) is 13.2. The van der Waals surface area contributed by atoms with Crippen molar-refractivity contribution in [2.24, 2.45) is 7.05 Å². The van der Waals surface area contributed by atoms with Crippen LogP contribution in [-0.2, 0) is 12.8 Å². The van der Waals surface area contributed by atoms with Crippen molar-refractivity contribution >= 4 is 28.4 Å². The van der Waals surface area contributed by atoms with Crippen LogP contribution in [0.5, 0.6) is 0 Å². The van der Waals surface area contributed by atoms with Crippen molar-refractivity contribution in [3.05, 3.63) is 58.9 Å². The molecule has 0 saturated carbocycles. The van der Waals surface area contributed by atoms with E-state index < -0.39 is 0 Å². The standard InChI is InChI=1S/C17H12N6O3S/c1-22-15(24)10-5-2-3-6-11(10)23-16(22)20-21-17(23)27-9-13-18-19-14(26-13)12-7-4-8-25-12/h2-8H,9H2,1H3. The first-order valence-electron chi connectivity index (χ1n) is 8.04. The molecule has 0 N–H and O–H groups in total. The number of nitrogens with zero attached hydrogens (tertiary/aromatic N) is 6. The molecular formula is C17H12N6O3S. The van der Waals surface area contributed by atoms with Crippen LogP contribution in [0.4, 0.5) is 0 Å². The van der Waals surface area contributed by atoms with Crippen LogP contribution >= 0.6 is 11.8 Å². The fraction of sp³-hybridized carbons (Fsp3) is 0.118. The molecule has 27 heavy (non-hydrogen) atoms. The molecule has 0 unspecified atom stereocenters. The molecule has 0 amide bonds. The fourth-order valence-corrected chi connectivity index (χ4v) is 3.62. The summed E-state index contributed by atoms with van der Waals surface area (Å²) < 4.78 is 14.2. The Hall–Kier alpha value is -3.40. The molecule has 1 aromatic carbocycles. The number of para-hydroxylation sites is 1. The smallest absolute Gasteiger partial charge is 0.283 e. The predicted molar refractivity (Wildman–Crippen MR) is 97.3 cm³/mol. The molecule has 4 aromatic heterocycles. The van der Waals surface area contributed by atoms with Gasteiger partial charge in [-0.05, 0) is 24.3 Å². The number of benzene rings is 1. The Labute approximate surface area is 155 Å². The van der Waals surface area contributed by atoms with E-state index in [2.05, 4.69) is 20.4 Å². The highest BCUT2D eigenvalue weighted by molar-refractivity contribution is 7.98. The first-order valence-corrected chi connectivity index (χ1v) is 9.03. The van der Waals surface area contributed by atoms with Crippen molar-refractivity contribution < 1.29 is 8.83 Å². The SMILES string of the molecule is Cn1c(=O)c2ccccc2n2c(SCc3nnc(-c4ccco4)o3)nnc12. The van der Waals surface area contributed by atoms with Crippen molar-refractivity contribution in [3.8, 4) is 11.7 Å². The molecule has 5 rings (SSSR count). The molecule has 10 heteroatoms. The van der Waals surface area contributed by atoms with E-state index in [9.17, 15) is 4.79 Å². The molecule has 0 aliphatic carbocycles. The molecular weight excluding hydrogens is 368 g/mol. The second-order valence-electron chi connectivity index (χ2n) is 5.77. The maximum absolute atomic E-state index is 12.5. The van der Waals surface area contributed by atoms with E-state index in [1.54, 1.807) is 31.5 Å². The summed E-state index contributed by atoms with van der Waals surface area (Å²) in [4.78, 5) is 12.5. The van der Waals surface area contributed by atoms with Gasteiger partial charge < -0.3 is 8.83 Å². The normalized spacial score (nSPS) is 11.6. The average molecular weight is 380 g/mol. The van der Waals surface area contributed by atoms with Gasteiger partial charge >= 0.3 is 0 Å². The minimum Gasteiger partial charge on any atom is -0.459 e. The van der Waals surface area contributed by atoms with E-state index in [4.69, 9.17) is 8.83 Å². The second-order valence-corrected chi connectivity index (χ2v) is 6.71. The maximum atomic E-state index is 12.5. The number of hydrogen-bond donors (Lipinski definition) is 0. The Morgan fingerprint density at radius 1 is 1.07 bits per heavy atom. The van der Waals surface area contributed by atoms with Crippen molar-refractivity contribution in [2.45, 2.75) is 10.9 Å². The lowest BCUT2D eigenvalue weighted by Gasteiger charge is -2.06. The Morgan fingerprint density at radius 2 is 1.96 bits per heavy atom. The van der Waals surface area contributed by atoms with Gasteiger partial charge in [-0.15, -0.1) is 20.4 Å². The van der Waals surface area contributed by atoms with Gasteiger partial charge in [-0.3, -0.25) is 13.8 Å². The van der Waals surface area contributed by atoms with Gasteiger partial charge in [0.15, 0.2) is 10.9 Å². The van der Waals surface area contributed by atoms with Crippen molar-refractivity contribution in [2.75, 3.05) is 0 Å². The molecule has 0 bridgehead atoms. The van der Waals surface area contributed by atoms with Crippen molar-refractivity contribution in [1.29, 1.82) is 0 Å². The fourth-order valence-electron chi connectivity index (χ4n) is 2.84. The van der Waals surface area contributed by atoms with E-state index >= 15 is 0 Å². The molecule has 5 aromatic rings. The lowest BCUT2D eigenvalue weighted by Crippen LogP contribution is -2.20. The lowest BCUT2D eigenvalue weighted by molar-refractivity contribution is 0.494. The summed E-state index contributed by atoms with van der Waals surface area (Å²) in [5.74, 6) is 2.17. The van der Waals surface area contributed by atoms with E-state index in [1.165, 1.54) is 16.3 Å². The van der Waals surface area contributed by atoms with E-state index in [1.807, 2.05) is 22.6 Å². The van der Waals surface area contributed by atoms with Gasteiger partial charge in [-0.1, -0.05) is 23.9 Å². The number of hydrogen-bond acceptors (Lipinski definition) is 8. The zero-order valence-corrected chi connectivity index (χ0v) is 14.9. The van der Waals surface area contributed by atoms with E-state index in [0.29, 0.717) is 39.6 Å². The Bertz CT molecular complexity index is 1320. The molecule has 134 valence electrons. The summed E-state index contributed by atoms with van der Waals surface area (Å²) in [6.45, 7) is 0. The van der Waals surface area contributed by atoms with Crippen LogP contribution in [0.3, 0.4) is 0 Å². The zero-order valence-electron chi connectivity index (χ0n) is 14.1. The quantitative estimate of drug-likeness (QED) is 0.438. The highest BCUT2D eigenvalue weighted by Gasteiger charge is 2.16. The van der Waals surface area contributed by atoms with Crippen LogP contribution in [0.2, 0.25) is 0 Å². The number of aromatic nitrogens is 6. The highest BCUT2D eigenvalue weighted by Crippen LogP contribution is 2.25. The Balaban J connectivity index is 1.52. The van der Waals surface area contributed by atoms with E-state index in [-0.39, 0.29) is 5.56 Å². The van der Waals surface area contributed by atoms with Gasteiger partial charge in [0.1, 0.15) is 0 Å². The zero-order chi connectivity index (χ0) is 18.4. The summed E-state index contributed by atoms with van der Waals surface area (Å²) in [7, 11) is 1.68. The van der Waals surface area contributed by atoms with Crippen LogP contribution < -0.4 is 5.56 Å². The number of rotatable bonds is 4. The van der Waals surface area contributed by atoms with Crippen molar-refractivity contribution in [1.82, 2.24) is 29.4 Å². The molecule has 0 atom stereocenters. The van der Waals surface area contributed by atoms with Gasteiger partial charge in [0.2, 0.25) is 11.7 Å². The first kappa shape index (κ1) is 15.8. The third-order valence-electron chi connectivity index (χ3n) is 4.12. The van der Waals surface area contributed by atoms with Gasteiger partial charge in [-0.25, -0.2) is 0 Å². The molecule has 0 aliphatic rings. The molecule has 0 radical (unpaired) electrons. The molecule has 0 aliphatic heterocycles. The third-order valence-corrected chi connectivity index (χ3v) is 5.03. The Kier molecular flexibility index (Phi) is 3.57. The maximum Gasteiger partial charge on any atom is 0.283 e. The summed E-state index contributed by atoms with van der Waals surface area (Å²) >= 11 is 1.40. The van der Waals surface area contributed by atoms with Crippen molar-refractivity contribution in [3.63, 3.8) is 0 Å². The van der Waals surface area contributed by atoms with Gasteiger partial charge in [0.05, 0.1) is 22.9 Å². The van der Waals surface area contributed by atoms with E-state index in [0.717, 1.165) is 5.52 Å². The van der Waals surface area contributed by atoms with Crippen LogP contribution in [0.1, 0.15) is 5.89 Å². The third kappa shape index (κ3) is 2.53. The van der Waals surface area contributed by atoms with Crippen LogP contribution in [0.15, 0.2) is 61.4 Å². The summed E-state index contributed by atoms with van der Waals surface area (Å²) in [6.07, 6.45) is 1.55. The van der Waals surface area contributed by atoms with Gasteiger partial charge in [0.25, 0.3) is 11.4 Å². The summed E-state index contributed by atoms with van der Waals surface area (Å²) in [5.41, 5.74) is 0.645. The molecule has 0 saturated heterocycles. The van der Waals surface area contributed by atoms with Crippen LogP contribution in [0, 0.1) is 0 Å². The topological polar surface area (TPSA) is 104 Å². The molecule has 9 nitrogen and oxygen atoms in total. The molecule has 0 spiro atoms. The minimum absolute atomic E-state index is 0.109. The number of thioether (sulfide) groups is 1. The predicted octanol–water partition coefficient (Wildman–Crippen LogP) is 2.52. The minimum atomic E-state index is -0.109. The molecule has 4 heterocycles. The summed E-state index contributed by atoms with van der Waals surface area (Å²) in [5, 5.41) is 17.6. The highest BCUT2D eigenvalue weighted by atomic mass is 32.2. The lowest BCUT2D eigenvalue weighted by atomic mass is 10.2. The number of aryl methyl sites for hydroxylation is 1. The Morgan fingerprint density at radius 3 is 2.81 bits per heavy atom.